The van der Waals surface area contributed by atoms with Crippen LogP contribution in [0.2, 0.25) is 0 Å². The third-order valence-corrected chi connectivity index (χ3v) is 3.65. The predicted molar refractivity (Wildman–Crippen MR) is 83.6 cm³/mol. The number of aryl methyl sites for hydroxylation is 1. The first-order valence-electron chi connectivity index (χ1n) is 6.19. The lowest BCUT2D eigenvalue weighted by atomic mass is 10.1. The van der Waals surface area contributed by atoms with Crippen LogP contribution in [0.3, 0.4) is 0 Å². The molecule has 0 saturated carbocycles. The first kappa shape index (κ1) is 15.2. The lowest BCUT2D eigenvalue weighted by Crippen LogP contribution is -2.04. The smallest absolute Gasteiger partial charge is 0.273 e. The summed E-state index contributed by atoms with van der Waals surface area (Å²) in [7, 11) is 1.57. The molecule has 0 saturated heterocycles. The van der Waals surface area contributed by atoms with Gasteiger partial charge in [-0.3, -0.25) is 10.1 Å². The summed E-state index contributed by atoms with van der Waals surface area (Å²) < 4.78 is 5.83. The molecule has 0 fully saturated rings. The summed E-state index contributed by atoms with van der Waals surface area (Å²) in [5.41, 5.74) is 2.38. The summed E-state index contributed by atoms with van der Waals surface area (Å²) in [6.07, 6.45) is 1.66. The van der Waals surface area contributed by atoms with E-state index in [9.17, 15) is 10.1 Å². The molecule has 0 aliphatic heterocycles. The van der Waals surface area contributed by atoms with Gasteiger partial charge in [-0.25, -0.2) is 4.98 Å². The summed E-state index contributed by atoms with van der Waals surface area (Å²) in [6.45, 7) is 2.22. The highest BCUT2D eigenvalue weighted by Crippen LogP contribution is 2.31. The number of methoxy groups -OCH3 is 1. The van der Waals surface area contributed by atoms with Crippen LogP contribution < -0.4 is 10.1 Å². The molecule has 0 amide bonds. The van der Waals surface area contributed by atoms with Gasteiger partial charge < -0.3 is 10.1 Å². The van der Waals surface area contributed by atoms with Gasteiger partial charge in [0.05, 0.1) is 12.0 Å². The molecule has 0 spiro atoms. The SMILES string of the molecule is COc1ncccc1CNc1cc(C)c([N+](=O)[O-])cc1Br. The minimum atomic E-state index is -0.395. The van der Waals surface area contributed by atoms with Crippen molar-refractivity contribution in [2.24, 2.45) is 0 Å². The fourth-order valence-corrected chi connectivity index (χ4v) is 2.41. The van der Waals surface area contributed by atoms with Crippen LogP contribution >= 0.6 is 15.9 Å². The molecule has 0 unspecified atom stereocenters. The Kier molecular flexibility index (Phi) is 4.74. The van der Waals surface area contributed by atoms with Crippen LogP contribution in [0, 0.1) is 17.0 Å². The van der Waals surface area contributed by atoms with Crippen LogP contribution in [-0.2, 0) is 6.54 Å². The number of nitro groups is 1. The van der Waals surface area contributed by atoms with E-state index in [1.54, 1.807) is 26.3 Å². The molecule has 6 nitrogen and oxygen atoms in total. The van der Waals surface area contributed by atoms with Gasteiger partial charge in [0, 0.05) is 40.1 Å². The lowest BCUT2D eigenvalue weighted by molar-refractivity contribution is -0.385. The standard InChI is InChI=1S/C14H14BrN3O3/c1-9-6-12(11(15)7-13(9)18(19)20)17-8-10-4-3-5-16-14(10)21-2/h3-7,17H,8H2,1-2H3. The highest BCUT2D eigenvalue weighted by atomic mass is 79.9. The first-order valence-corrected chi connectivity index (χ1v) is 6.98. The van der Waals surface area contributed by atoms with E-state index in [0.29, 0.717) is 22.5 Å². The van der Waals surface area contributed by atoms with Crippen LogP contribution in [-0.4, -0.2) is 17.0 Å². The van der Waals surface area contributed by atoms with E-state index in [1.165, 1.54) is 6.07 Å². The molecule has 0 atom stereocenters. The van der Waals surface area contributed by atoms with E-state index in [1.807, 2.05) is 12.1 Å². The number of halogens is 1. The van der Waals surface area contributed by atoms with Crippen molar-refractivity contribution in [3.05, 3.63) is 56.2 Å². The topological polar surface area (TPSA) is 77.3 Å². The highest BCUT2D eigenvalue weighted by Gasteiger charge is 2.14. The Bertz CT molecular complexity index is 677. The predicted octanol–water partition coefficient (Wildman–Crippen LogP) is 3.68. The van der Waals surface area contributed by atoms with Gasteiger partial charge in [0.25, 0.3) is 5.69 Å². The Morgan fingerprint density at radius 1 is 1.48 bits per heavy atom. The van der Waals surface area contributed by atoms with Gasteiger partial charge in [-0.15, -0.1) is 0 Å². The van der Waals surface area contributed by atoms with Crippen LogP contribution in [0.1, 0.15) is 11.1 Å². The number of nitrogens with one attached hydrogen (secondary N) is 1. The molecule has 7 heteroatoms. The molecule has 1 heterocycles. The van der Waals surface area contributed by atoms with Gasteiger partial charge in [0.15, 0.2) is 0 Å². The summed E-state index contributed by atoms with van der Waals surface area (Å²) in [6, 6.07) is 6.98. The van der Waals surface area contributed by atoms with Crippen molar-refractivity contribution in [3.63, 3.8) is 0 Å². The summed E-state index contributed by atoms with van der Waals surface area (Å²) in [4.78, 5) is 14.6. The maximum atomic E-state index is 10.9. The largest absolute Gasteiger partial charge is 0.481 e. The van der Waals surface area contributed by atoms with Crippen LogP contribution in [0.15, 0.2) is 34.9 Å². The quantitative estimate of drug-likeness (QED) is 0.656. The van der Waals surface area contributed by atoms with Crippen molar-refractivity contribution in [1.29, 1.82) is 0 Å². The molecule has 1 aromatic heterocycles. The number of ether oxygens (including phenoxy) is 1. The average molecular weight is 352 g/mol. The zero-order chi connectivity index (χ0) is 15.4. The second-order valence-electron chi connectivity index (χ2n) is 4.40. The molecule has 0 radical (unpaired) electrons. The van der Waals surface area contributed by atoms with Gasteiger partial charge in [0.1, 0.15) is 0 Å². The summed E-state index contributed by atoms with van der Waals surface area (Å²) >= 11 is 3.34. The molecule has 110 valence electrons. The van der Waals surface area contributed by atoms with E-state index < -0.39 is 4.92 Å². The molecule has 1 N–H and O–H groups in total. The molecular weight excluding hydrogens is 338 g/mol. The first-order chi connectivity index (χ1) is 10.0. The van der Waals surface area contributed by atoms with E-state index in [2.05, 4.69) is 26.2 Å². The lowest BCUT2D eigenvalue weighted by Gasteiger charge is -2.11. The third kappa shape index (κ3) is 3.49. The van der Waals surface area contributed by atoms with Crippen molar-refractivity contribution >= 4 is 27.3 Å². The zero-order valence-corrected chi connectivity index (χ0v) is 13.2. The summed E-state index contributed by atoms with van der Waals surface area (Å²) in [5.74, 6) is 0.555. The van der Waals surface area contributed by atoms with Crippen molar-refractivity contribution < 1.29 is 9.66 Å². The van der Waals surface area contributed by atoms with Crippen LogP contribution in [0.4, 0.5) is 11.4 Å². The van der Waals surface area contributed by atoms with E-state index in [-0.39, 0.29) is 5.69 Å². The average Bonchev–Trinajstić information content (AvgIpc) is 2.47. The molecule has 0 aliphatic carbocycles. The normalized spacial score (nSPS) is 10.2. The van der Waals surface area contributed by atoms with Gasteiger partial charge in [-0.1, -0.05) is 6.07 Å². The number of benzene rings is 1. The molecule has 21 heavy (non-hydrogen) atoms. The number of rotatable bonds is 5. The van der Waals surface area contributed by atoms with Crippen molar-refractivity contribution in [2.75, 3.05) is 12.4 Å². The number of aromatic nitrogens is 1. The third-order valence-electron chi connectivity index (χ3n) is 2.99. The van der Waals surface area contributed by atoms with Crippen molar-refractivity contribution in [1.82, 2.24) is 4.98 Å². The van der Waals surface area contributed by atoms with Crippen LogP contribution in [0.5, 0.6) is 5.88 Å². The fourth-order valence-electron chi connectivity index (χ4n) is 1.94. The minimum Gasteiger partial charge on any atom is -0.481 e. The van der Waals surface area contributed by atoms with Gasteiger partial charge in [0.2, 0.25) is 5.88 Å². The van der Waals surface area contributed by atoms with Gasteiger partial charge in [-0.2, -0.15) is 0 Å². The van der Waals surface area contributed by atoms with E-state index >= 15 is 0 Å². The monoisotopic (exact) mass is 351 g/mol. The fraction of sp³-hybridized carbons (Fsp3) is 0.214. The molecule has 2 aromatic rings. The second kappa shape index (κ2) is 6.53. The number of anilines is 1. The van der Waals surface area contributed by atoms with E-state index in [4.69, 9.17) is 4.74 Å². The number of hydrogen-bond donors (Lipinski definition) is 1. The Morgan fingerprint density at radius 2 is 2.24 bits per heavy atom. The van der Waals surface area contributed by atoms with Crippen LogP contribution in [0.25, 0.3) is 0 Å². The summed E-state index contributed by atoms with van der Waals surface area (Å²) in [5, 5.41) is 14.1. The second-order valence-corrected chi connectivity index (χ2v) is 5.26. The highest BCUT2D eigenvalue weighted by molar-refractivity contribution is 9.10. The number of nitrogens with zero attached hydrogens (tertiary/aromatic N) is 2. The van der Waals surface area contributed by atoms with E-state index in [0.717, 1.165) is 11.3 Å². The molecule has 1 aromatic carbocycles. The molecular formula is C14H14BrN3O3. The molecule has 0 aliphatic rings. The number of pyridine rings is 1. The van der Waals surface area contributed by atoms with Gasteiger partial charge in [-0.05, 0) is 35.0 Å². The van der Waals surface area contributed by atoms with Crippen molar-refractivity contribution in [2.45, 2.75) is 13.5 Å². The zero-order valence-electron chi connectivity index (χ0n) is 11.6. The Hall–Kier alpha value is -2.15. The number of nitro benzene ring substituents is 1. The molecule has 0 bridgehead atoms. The Morgan fingerprint density at radius 3 is 2.90 bits per heavy atom. The maximum absolute atomic E-state index is 10.9. The minimum absolute atomic E-state index is 0.0892. The Labute approximate surface area is 130 Å². The Balaban J connectivity index is 2.21. The number of hydrogen-bond acceptors (Lipinski definition) is 5. The van der Waals surface area contributed by atoms with Gasteiger partial charge >= 0.3 is 0 Å². The maximum Gasteiger partial charge on any atom is 0.273 e. The van der Waals surface area contributed by atoms with Crippen molar-refractivity contribution in [3.8, 4) is 5.88 Å². The molecule has 2 rings (SSSR count).